The second-order valence-electron chi connectivity index (χ2n) is 5.17. The van der Waals surface area contributed by atoms with E-state index in [2.05, 4.69) is 25.0 Å². The van der Waals surface area contributed by atoms with Crippen LogP contribution in [0, 0.1) is 12.3 Å². The molecule has 1 nitrogen and oxygen atoms in total. The van der Waals surface area contributed by atoms with Crippen molar-refractivity contribution >= 4 is 28.8 Å². The lowest BCUT2D eigenvalue weighted by Crippen LogP contribution is -1.88. The molecule has 0 unspecified atom stereocenters. The van der Waals surface area contributed by atoms with Gasteiger partial charge >= 0.3 is 0 Å². The van der Waals surface area contributed by atoms with Crippen LogP contribution in [0.15, 0.2) is 48.0 Å². The monoisotopic (exact) mass is 306 g/mol. The molecule has 2 heteroatoms. The van der Waals surface area contributed by atoms with Crippen LogP contribution in [0.2, 0.25) is 5.02 Å². The molecule has 0 aromatic heterocycles. The van der Waals surface area contributed by atoms with Crippen molar-refractivity contribution in [3.05, 3.63) is 69.8 Å². The molecule has 0 amide bonds. The Morgan fingerprint density at radius 1 is 1.09 bits per heavy atom. The minimum Gasteiger partial charge on any atom is -0.497 e. The second kappa shape index (κ2) is 5.75. The molecule has 1 aliphatic rings. The number of ether oxygens (including phenoxy) is 1. The largest absolute Gasteiger partial charge is 0.497 e. The molecular weight excluding hydrogens is 292 g/mol. The molecule has 2 aromatic carbocycles. The molecule has 0 fully saturated rings. The topological polar surface area (TPSA) is 9.23 Å². The van der Waals surface area contributed by atoms with E-state index in [4.69, 9.17) is 22.8 Å². The highest BCUT2D eigenvalue weighted by atomic mass is 35.5. The predicted octanol–water partition coefficient (Wildman–Crippen LogP) is 5.31. The highest BCUT2D eigenvalue weighted by Gasteiger charge is 2.23. The number of fused-ring (bicyclic) bond motifs is 1. The molecule has 0 atom stereocenters. The summed E-state index contributed by atoms with van der Waals surface area (Å²) in [5, 5.41) is 0.732. The predicted molar refractivity (Wildman–Crippen MR) is 93.7 cm³/mol. The van der Waals surface area contributed by atoms with E-state index in [0.717, 1.165) is 44.2 Å². The highest BCUT2D eigenvalue weighted by Crippen LogP contribution is 2.43. The SMILES string of the molecule is C#CC1=C(C)C(=Cc2ccc(Cl)cc2)c2ccc(OC)cc21. The first kappa shape index (κ1) is 14.5. The third kappa shape index (κ3) is 2.43. The molecule has 22 heavy (non-hydrogen) atoms. The Bertz CT molecular complexity index is 833. The Kier molecular flexibility index (Phi) is 3.79. The zero-order chi connectivity index (χ0) is 15.7. The summed E-state index contributed by atoms with van der Waals surface area (Å²) in [6.45, 7) is 2.06. The van der Waals surface area contributed by atoms with E-state index in [1.54, 1.807) is 7.11 Å². The smallest absolute Gasteiger partial charge is 0.119 e. The van der Waals surface area contributed by atoms with E-state index in [0.29, 0.717) is 0 Å². The molecule has 0 saturated heterocycles. The van der Waals surface area contributed by atoms with Crippen molar-refractivity contribution in [2.45, 2.75) is 6.92 Å². The van der Waals surface area contributed by atoms with Gasteiger partial charge in [-0.05, 0) is 59.5 Å². The maximum Gasteiger partial charge on any atom is 0.119 e. The number of terminal acetylenes is 1. The van der Waals surface area contributed by atoms with Crippen molar-refractivity contribution in [1.29, 1.82) is 0 Å². The van der Waals surface area contributed by atoms with Gasteiger partial charge in [-0.1, -0.05) is 35.7 Å². The lowest BCUT2D eigenvalue weighted by atomic mass is 10.0. The Morgan fingerprint density at radius 3 is 2.45 bits per heavy atom. The number of methoxy groups -OCH3 is 1. The maximum atomic E-state index is 5.95. The standard InChI is InChI=1S/C20H15ClO/c1-4-17-13(2)19(11-14-5-7-15(21)8-6-14)18-10-9-16(22-3)12-20(17)18/h1,5-12H,2-3H3. The van der Waals surface area contributed by atoms with Crippen LogP contribution in [0.3, 0.4) is 0 Å². The van der Waals surface area contributed by atoms with Gasteiger partial charge in [-0.3, -0.25) is 0 Å². The summed E-state index contributed by atoms with van der Waals surface area (Å²) in [4.78, 5) is 0. The van der Waals surface area contributed by atoms with E-state index in [1.807, 2.05) is 36.4 Å². The van der Waals surface area contributed by atoms with Gasteiger partial charge < -0.3 is 4.74 Å². The molecule has 2 aromatic rings. The number of benzene rings is 2. The molecule has 1 aliphatic carbocycles. The summed E-state index contributed by atoms with van der Waals surface area (Å²) in [5.74, 6) is 3.62. The van der Waals surface area contributed by atoms with Crippen LogP contribution in [-0.2, 0) is 0 Å². The molecular formula is C20H15ClO. The van der Waals surface area contributed by atoms with Crippen molar-refractivity contribution in [1.82, 2.24) is 0 Å². The van der Waals surface area contributed by atoms with Gasteiger partial charge in [0.2, 0.25) is 0 Å². The third-order valence-electron chi connectivity index (χ3n) is 3.89. The van der Waals surface area contributed by atoms with Gasteiger partial charge in [-0.2, -0.15) is 0 Å². The van der Waals surface area contributed by atoms with Crippen LogP contribution in [0.1, 0.15) is 23.6 Å². The molecule has 0 N–H and O–H groups in total. The van der Waals surface area contributed by atoms with Crippen LogP contribution >= 0.6 is 11.6 Å². The summed E-state index contributed by atoms with van der Waals surface area (Å²) in [7, 11) is 1.66. The second-order valence-corrected chi connectivity index (χ2v) is 5.60. The number of halogens is 1. The lowest BCUT2D eigenvalue weighted by molar-refractivity contribution is 0.414. The molecule has 0 aliphatic heterocycles. The van der Waals surface area contributed by atoms with Gasteiger partial charge in [0, 0.05) is 16.2 Å². The first-order valence-electron chi connectivity index (χ1n) is 6.98. The van der Waals surface area contributed by atoms with Gasteiger partial charge in [0.05, 0.1) is 7.11 Å². The first-order valence-corrected chi connectivity index (χ1v) is 7.35. The Morgan fingerprint density at radius 2 is 1.82 bits per heavy atom. The molecule has 0 radical (unpaired) electrons. The van der Waals surface area contributed by atoms with Gasteiger partial charge in [-0.25, -0.2) is 0 Å². The molecule has 3 rings (SSSR count). The normalized spacial score (nSPS) is 14.9. The zero-order valence-electron chi connectivity index (χ0n) is 12.5. The average Bonchev–Trinajstić information content (AvgIpc) is 2.80. The number of rotatable bonds is 2. The summed E-state index contributed by atoms with van der Waals surface area (Å²) in [5.41, 5.74) is 6.47. The molecule has 108 valence electrons. The summed E-state index contributed by atoms with van der Waals surface area (Å²) < 4.78 is 5.31. The number of hydrogen-bond donors (Lipinski definition) is 0. The fraction of sp³-hybridized carbons (Fsp3) is 0.100. The maximum absolute atomic E-state index is 5.95. The van der Waals surface area contributed by atoms with E-state index in [9.17, 15) is 0 Å². The van der Waals surface area contributed by atoms with Crippen molar-refractivity contribution in [3.63, 3.8) is 0 Å². The van der Waals surface area contributed by atoms with Crippen molar-refractivity contribution in [3.8, 4) is 18.1 Å². The minimum atomic E-state index is 0.732. The van der Waals surface area contributed by atoms with Crippen molar-refractivity contribution in [2.24, 2.45) is 0 Å². The third-order valence-corrected chi connectivity index (χ3v) is 4.14. The van der Waals surface area contributed by atoms with Crippen LogP contribution in [-0.4, -0.2) is 7.11 Å². The highest BCUT2D eigenvalue weighted by molar-refractivity contribution is 6.30. The summed E-state index contributed by atoms with van der Waals surface area (Å²) >= 11 is 5.95. The Labute approximate surface area is 135 Å². The number of allylic oxidation sites excluding steroid dienone is 3. The number of hydrogen-bond acceptors (Lipinski definition) is 1. The first-order chi connectivity index (χ1) is 10.6. The van der Waals surface area contributed by atoms with Crippen LogP contribution in [0.5, 0.6) is 5.75 Å². The fourth-order valence-electron chi connectivity index (χ4n) is 2.73. The average molecular weight is 307 g/mol. The van der Waals surface area contributed by atoms with E-state index in [1.165, 1.54) is 0 Å². The van der Waals surface area contributed by atoms with Crippen molar-refractivity contribution < 1.29 is 4.74 Å². The fourth-order valence-corrected chi connectivity index (χ4v) is 2.85. The lowest BCUT2D eigenvalue weighted by Gasteiger charge is -2.06. The summed E-state index contributed by atoms with van der Waals surface area (Å²) in [6.07, 6.45) is 7.85. The van der Waals surface area contributed by atoms with Gasteiger partial charge in [0.1, 0.15) is 5.75 Å². The zero-order valence-corrected chi connectivity index (χ0v) is 13.2. The van der Waals surface area contributed by atoms with E-state index >= 15 is 0 Å². The minimum absolute atomic E-state index is 0.732. The van der Waals surface area contributed by atoms with Crippen LogP contribution < -0.4 is 4.74 Å². The van der Waals surface area contributed by atoms with Crippen LogP contribution in [0.4, 0.5) is 0 Å². The van der Waals surface area contributed by atoms with E-state index in [-0.39, 0.29) is 0 Å². The van der Waals surface area contributed by atoms with Crippen LogP contribution in [0.25, 0.3) is 17.2 Å². The van der Waals surface area contributed by atoms with Gasteiger partial charge in [0.25, 0.3) is 0 Å². The van der Waals surface area contributed by atoms with Gasteiger partial charge in [0.15, 0.2) is 0 Å². The van der Waals surface area contributed by atoms with E-state index < -0.39 is 0 Å². The molecule has 0 saturated carbocycles. The van der Waals surface area contributed by atoms with Gasteiger partial charge in [-0.15, -0.1) is 6.42 Å². The molecule has 0 bridgehead atoms. The molecule has 0 spiro atoms. The Balaban J connectivity index is 2.16. The quantitative estimate of drug-likeness (QED) is 0.683. The molecule has 0 heterocycles. The Hall–Kier alpha value is -2.43. The summed E-state index contributed by atoms with van der Waals surface area (Å²) in [6, 6.07) is 13.8. The van der Waals surface area contributed by atoms with Crippen molar-refractivity contribution in [2.75, 3.05) is 7.11 Å².